The third-order valence-electron chi connectivity index (χ3n) is 22.6. The lowest BCUT2D eigenvalue weighted by atomic mass is 9.26. The highest BCUT2D eigenvalue weighted by Crippen LogP contribution is 2.89. The Morgan fingerprint density at radius 3 is 2.64 bits per heavy atom. The summed E-state index contributed by atoms with van der Waals surface area (Å²) in [6, 6.07) is 7.68. The number of hydrogen-bond donors (Lipinski definition) is 2. The molecule has 15 atom stereocenters. The van der Waals surface area contributed by atoms with Crippen molar-refractivity contribution in [3.05, 3.63) is 80.5 Å². The van der Waals surface area contributed by atoms with E-state index in [9.17, 15) is 5.11 Å². The molecule has 7 heterocycles. The highest BCUT2D eigenvalue weighted by Gasteiger charge is 2.94. The van der Waals surface area contributed by atoms with Crippen LogP contribution in [0.15, 0.2) is 63.8 Å². The minimum Gasteiger partial charge on any atom is -0.508 e. The highest BCUT2D eigenvalue weighted by atomic mass is 16.6. The zero-order valence-electron chi connectivity index (χ0n) is 38.3. The molecule has 3 saturated carbocycles. The van der Waals surface area contributed by atoms with E-state index in [4.69, 9.17) is 15.2 Å². The number of esters is 2. The van der Waals surface area contributed by atoms with Crippen LogP contribution >= 0.6 is 0 Å². The van der Waals surface area contributed by atoms with Gasteiger partial charge >= 0.3 is 11.9 Å². The molecule has 4 spiro atoms. The number of fused-ring (bicyclic) bond motifs is 8. The van der Waals surface area contributed by atoms with Gasteiger partial charge < -0.3 is 25.2 Å². The van der Waals surface area contributed by atoms with Gasteiger partial charge in [-0.1, -0.05) is 74.1 Å². The molecule has 15 rings (SSSR count). The summed E-state index contributed by atoms with van der Waals surface area (Å²) in [5.74, 6) is 3.05. The number of rotatable bonds is 4. The number of carbonyl (C=O) groups excluding carboxylic acids is 2. The third-order valence-corrected chi connectivity index (χ3v) is 22.6. The van der Waals surface area contributed by atoms with Gasteiger partial charge in [0.05, 0.1) is 11.0 Å². The van der Waals surface area contributed by atoms with Crippen LogP contribution in [0.5, 0.6) is 0 Å². The molecule has 4 saturated heterocycles. The number of aliphatic hydroxyl groups excluding tert-OH is 1. The molecule has 0 aromatic heterocycles. The number of hydrogen-bond acceptors (Lipinski definition) is 8. The van der Waals surface area contributed by atoms with Crippen LogP contribution in [-0.4, -0.2) is 64.6 Å². The molecule has 1 aromatic rings. The second kappa shape index (κ2) is 12.8. The van der Waals surface area contributed by atoms with Crippen molar-refractivity contribution in [2.45, 2.75) is 160 Å². The Morgan fingerprint density at radius 1 is 0.922 bits per heavy atom. The standard InChI is InChI=1S/C56H69N3O5/c1-29-22-33-17-19-53-26-39(33)45-37-18-20-54-50(63-52(62)55(45,54)43(23-29)56(54)40-12-6-10-31(11-7-21-57)44(40)51(61)64-56)49(60)38-14-16-42-36-25-35(27-58(42)47(38)32-8-4-3-5-9-32)41-15-13-34(24-30(53)2)48(46(37)53)59(41)28-36/h6,10,12,22,29-30,32,35-36,38-39,41-43,46-47,60H,3-5,7-9,11,13-21,23-28,57H2,1-2H3. The second-order valence-electron chi connectivity index (χ2n) is 24.5. The van der Waals surface area contributed by atoms with Gasteiger partial charge in [-0.25, -0.2) is 4.79 Å². The van der Waals surface area contributed by atoms with Gasteiger partial charge in [-0.3, -0.25) is 9.69 Å². The van der Waals surface area contributed by atoms with Crippen LogP contribution < -0.4 is 5.73 Å². The van der Waals surface area contributed by atoms with E-state index in [1.807, 2.05) is 0 Å². The maximum Gasteiger partial charge on any atom is 0.339 e. The predicted molar refractivity (Wildman–Crippen MR) is 242 cm³/mol. The molecule has 1 aromatic carbocycles. The Hall–Kier alpha value is -3.36. The fourth-order valence-corrected chi connectivity index (χ4v) is 20.8. The van der Waals surface area contributed by atoms with Gasteiger partial charge in [0.25, 0.3) is 0 Å². The van der Waals surface area contributed by atoms with Gasteiger partial charge in [0, 0.05) is 66.1 Å². The quantitative estimate of drug-likeness (QED) is 0.228. The summed E-state index contributed by atoms with van der Waals surface area (Å²) >= 11 is 0. The first-order chi connectivity index (χ1) is 31.2. The van der Waals surface area contributed by atoms with Crippen LogP contribution in [-0.2, 0) is 26.3 Å². The van der Waals surface area contributed by atoms with Crippen molar-refractivity contribution in [3.8, 4) is 0 Å². The number of benzene rings is 1. The van der Waals surface area contributed by atoms with Crippen molar-refractivity contribution >= 4 is 11.9 Å². The first-order valence-corrected chi connectivity index (χ1v) is 26.6. The minimum absolute atomic E-state index is 0.119. The van der Waals surface area contributed by atoms with Crippen molar-refractivity contribution in [2.24, 2.45) is 75.2 Å². The van der Waals surface area contributed by atoms with Crippen molar-refractivity contribution in [3.63, 3.8) is 0 Å². The molecule has 15 unspecified atom stereocenters. The zero-order chi connectivity index (χ0) is 42.8. The van der Waals surface area contributed by atoms with E-state index in [0.29, 0.717) is 78.1 Å². The Kier molecular flexibility index (Phi) is 7.74. The molecule has 338 valence electrons. The number of ether oxygens (including phenoxy) is 2. The molecular weight excluding hydrogens is 795 g/mol. The average Bonchev–Trinajstić information content (AvgIpc) is 3.76. The predicted octanol–water partition coefficient (Wildman–Crippen LogP) is 9.80. The average molecular weight is 864 g/mol. The van der Waals surface area contributed by atoms with Gasteiger partial charge in [-0.2, -0.15) is 0 Å². The van der Waals surface area contributed by atoms with Gasteiger partial charge in [0.1, 0.15) is 11.2 Å². The number of piperidine rings is 3. The molecule has 7 aliphatic heterocycles. The van der Waals surface area contributed by atoms with E-state index in [0.717, 1.165) is 62.6 Å². The van der Waals surface area contributed by atoms with E-state index >= 15 is 9.59 Å². The number of aryl methyl sites for hydroxylation is 1. The number of allylic oxidation sites excluding steroid dienone is 4. The molecule has 9 bridgehead atoms. The van der Waals surface area contributed by atoms with E-state index in [2.05, 4.69) is 47.9 Å². The molecule has 8 nitrogen and oxygen atoms in total. The number of nitrogens with zero attached hydrogens (tertiary/aromatic N) is 2. The van der Waals surface area contributed by atoms with Crippen LogP contribution in [0.4, 0.5) is 0 Å². The molecule has 8 heteroatoms. The zero-order valence-corrected chi connectivity index (χ0v) is 38.3. The van der Waals surface area contributed by atoms with E-state index in [1.165, 1.54) is 76.3 Å². The number of carbonyl (C=O) groups is 2. The Labute approximate surface area is 379 Å². The van der Waals surface area contributed by atoms with Gasteiger partial charge in [0.15, 0.2) is 11.4 Å². The lowest BCUT2D eigenvalue weighted by molar-refractivity contribution is -0.283. The molecule has 7 aliphatic carbocycles. The number of nitrogens with two attached hydrogens (primary N) is 1. The lowest BCUT2D eigenvalue weighted by Gasteiger charge is -2.74. The monoisotopic (exact) mass is 864 g/mol. The Bertz CT molecular complexity index is 2460. The maximum atomic E-state index is 16.3. The summed E-state index contributed by atoms with van der Waals surface area (Å²) in [5.41, 5.74) is 13.7. The Balaban J connectivity index is 1.06. The summed E-state index contributed by atoms with van der Waals surface area (Å²) in [5, 5.41) is 13.8. The maximum absolute atomic E-state index is 16.3. The third kappa shape index (κ3) is 4.15. The van der Waals surface area contributed by atoms with Crippen LogP contribution in [0.2, 0.25) is 0 Å². The normalized spacial score (nSPS) is 47.8. The largest absolute Gasteiger partial charge is 0.508 e. The van der Waals surface area contributed by atoms with E-state index in [1.54, 1.807) is 22.4 Å². The molecule has 14 aliphatic rings. The molecule has 7 fully saturated rings. The van der Waals surface area contributed by atoms with Crippen LogP contribution in [0, 0.1) is 69.5 Å². The Morgan fingerprint density at radius 2 is 1.78 bits per heavy atom. The van der Waals surface area contributed by atoms with E-state index < -0.39 is 16.4 Å². The van der Waals surface area contributed by atoms with E-state index in [-0.39, 0.29) is 47.1 Å². The topological polar surface area (TPSA) is 105 Å². The summed E-state index contributed by atoms with van der Waals surface area (Å²) in [6.45, 7) is 7.81. The summed E-state index contributed by atoms with van der Waals surface area (Å²) in [6.07, 6.45) is 23.0. The smallest absolute Gasteiger partial charge is 0.339 e. The molecule has 0 radical (unpaired) electrons. The summed E-state index contributed by atoms with van der Waals surface area (Å²) < 4.78 is 14.5. The van der Waals surface area contributed by atoms with Gasteiger partial charge in [-0.15, -0.1) is 0 Å². The molecule has 64 heavy (non-hydrogen) atoms. The molecule has 3 N–H and O–H groups in total. The molecule has 0 amide bonds. The van der Waals surface area contributed by atoms with Crippen molar-refractivity contribution in [2.75, 3.05) is 19.6 Å². The summed E-state index contributed by atoms with van der Waals surface area (Å²) in [7, 11) is 0. The minimum atomic E-state index is -1.12. The van der Waals surface area contributed by atoms with Gasteiger partial charge in [0.2, 0.25) is 0 Å². The highest BCUT2D eigenvalue weighted by molar-refractivity contribution is 6.00. The molecular formula is C56H69N3O5. The lowest BCUT2D eigenvalue weighted by Crippen LogP contribution is -2.78. The van der Waals surface area contributed by atoms with Crippen LogP contribution in [0.3, 0.4) is 0 Å². The summed E-state index contributed by atoms with van der Waals surface area (Å²) in [4.78, 5) is 37.4. The van der Waals surface area contributed by atoms with Crippen molar-refractivity contribution in [1.82, 2.24) is 9.80 Å². The van der Waals surface area contributed by atoms with Crippen molar-refractivity contribution in [1.29, 1.82) is 0 Å². The second-order valence-corrected chi connectivity index (χ2v) is 24.5. The van der Waals surface area contributed by atoms with Crippen molar-refractivity contribution < 1.29 is 24.2 Å². The fourth-order valence-electron chi connectivity index (χ4n) is 20.8. The fraction of sp³-hybridized carbons (Fsp3) is 0.714. The first kappa shape index (κ1) is 38.7. The van der Waals surface area contributed by atoms with Gasteiger partial charge in [-0.05, 0) is 155 Å². The number of aliphatic hydroxyl groups is 1. The van der Waals surface area contributed by atoms with Crippen LogP contribution in [0.1, 0.15) is 151 Å². The van der Waals surface area contributed by atoms with Crippen LogP contribution in [0.25, 0.3) is 0 Å². The SMILES string of the molecule is CC1C=C2CCC34CC2C2=C5CCC67C(=C(O)C8CCC9C%10CC(CN9C8C8CCCCC8)C8CCC(=C(C53)N8C%10)CC4C)OC(=O)C26C(C1)C71OC(=O)c2c(CCCN)cccc21. The first-order valence-electron chi connectivity index (χ1n) is 26.6.